The zero-order valence-corrected chi connectivity index (χ0v) is 9.83. The van der Waals surface area contributed by atoms with Crippen LogP contribution in [0, 0.1) is 0 Å². The number of hydrogen-bond donors (Lipinski definition) is 1. The highest BCUT2D eigenvalue weighted by Gasteiger charge is 2.29. The molecule has 1 aromatic rings. The van der Waals surface area contributed by atoms with Crippen molar-refractivity contribution >= 4 is 6.09 Å². The van der Waals surface area contributed by atoms with Gasteiger partial charge in [0, 0.05) is 0 Å². The quantitative estimate of drug-likeness (QED) is 0.901. The van der Waals surface area contributed by atoms with E-state index >= 15 is 0 Å². The summed E-state index contributed by atoms with van der Waals surface area (Å²) in [6, 6.07) is 8.63. The van der Waals surface area contributed by atoms with Gasteiger partial charge >= 0.3 is 12.3 Å². The third kappa shape index (κ3) is 5.07. The lowest BCUT2D eigenvalue weighted by Gasteiger charge is -2.17. The molecule has 1 unspecified atom stereocenters. The Balaban J connectivity index is 2.51. The van der Waals surface area contributed by atoms with Gasteiger partial charge in [-0.15, -0.1) is 0 Å². The average molecular weight is 261 g/mol. The number of halogens is 3. The van der Waals surface area contributed by atoms with Crippen molar-refractivity contribution in [3.8, 4) is 0 Å². The molecule has 6 heteroatoms. The van der Waals surface area contributed by atoms with Crippen LogP contribution in [0.2, 0.25) is 0 Å². The van der Waals surface area contributed by atoms with E-state index in [4.69, 9.17) is 0 Å². The molecule has 1 rings (SSSR count). The van der Waals surface area contributed by atoms with E-state index in [1.165, 1.54) is 0 Å². The van der Waals surface area contributed by atoms with Crippen LogP contribution >= 0.6 is 0 Å². The minimum atomic E-state index is -4.51. The van der Waals surface area contributed by atoms with Crippen molar-refractivity contribution in [2.45, 2.75) is 25.6 Å². The molecule has 1 N–H and O–H groups in total. The molecule has 100 valence electrons. The van der Waals surface area contributed by atoms with Crippen LogP contribution in [0.15, 0.2) is 30.3 Å². The van der Waals surface area contributed by atoms with Crippen LogP contribution in [0.3, 0.4) is 0 Å². The third-order valence-electron chi connectivity index (χ3n) is 2.27. The van der Waals surface area contributed by atoms with Crippen LogP contribution in [0.1, 0.15) is 24.9 Å². The Morgan fingerprint density at radius 3 is 2.44 bits per heavy atom. The normalized spacial score (nSPS) is 12.9. The number of carbonyl (C=O) groups is 1. The Kier molecular flexibility index (Phi) is 5.00. The first-order chi connectivity index (χ1) is 8.42. The van der Waals surface area contributed by atoms with Crippen LogP contribution in [0.4, 0.5) is 18.0 Å². The molecule has 1 aromatic carbocycles. The molecule has 0 heterocycles. The lowest BCUT2D eigenvalue weighted by molar-refractivity contribution is -0.160. The molecule has 1 amide bonds. The van der Waals surface area contributed by atoms with Gasteiger partial charge in [-0.05, 0) is 12.0 Å². The van der Waals surface area contributed by atoms with Crippen LogP contribution in [-0.4, -0.2) is 18.9 Å². The third-order valence-corrected chi connectivity index (χ3v) is 2.27. The van der Waals surface area contributed by atoms with E-state index in [0.717, 1.165) is 5.56 Å². The van der Waals surface area contributed by atoms with Crippen molar-refractivity contribution in [3.63, 3.8) is 0 Å². The number of rotatable bonds is 4. The summed E-state index contributed by atoms with van der Waals surface area (Å²) in [5.74, 6) is 0. The molecule has 0 bridgehead atoms. The van der Waals surface area contributed by atoms with Crippen LogP contribution in [-0.2, 0) is 4.74 Å². The molecular weight excluding hydrogens is 247 g/mol. The number of hydrogen-bond acceptors (Lipinski definition) is 2. The van der Waals surface area contributed by atoms with Crippen molar-refractivity contribution in [2.75, 3.05) is 6.61 Å². The van der Waals surface area contributed by atoms with Gasteiger partial charge in [0.2, 0.25) is 0 Å². The number of alkyl carbamates (subject to hydrolysis) is 1. The molecular formula is C12H14F3NO2. The first-order valence-electron chi connectivity index (χ1n) is 5.47. The molecule has 0 aliphatic rings. The Hall–Kier alpha value is -1.72. The van der Waals surface area contributed by atoms with Gasteiger partial charge in [0.25, 0.3) is 0 Å². The highest BCUT2D eigenvalue weighted by atomic mass is 19.4. The van der Waals surface area contributed by atoms with Crippen molar-refractivity contribution in [3.05, 3.63) is 35.9 Å². The minimum Gasteiger partial charge on any atom is -0.440 e. The van der Waals surface area contributed by atoms with E-state index in [0.29, 0.717) is 6.42 Å². The fourth-order valence-corrected chi connectivity index (χ4v) is 1.44. The Labute approximate surface area is 103 Å². The summed E-state index contributed by atoms with van der Waals surface area (Å²) in [5, 5.41) is 2.39. The number of nitrogens with one attached hydrogen (secondary N) is 1. The van der Waals surface area contributed by atoms with Crippen molar-refractivity contribution in [1.29, 1.82) is 0 Å². The topological polar surface area (TPSA) is 38.3 Å². The number of benzene rings is 1. The second kappa shape index (κ2) is 6.28. The lowest BCUT2D eigenvalue weighted by atomic mass is 10.1. The van der Waals surface area contributed by atoms with E-state index in [9.17, 15) is 18.0 Å². The maximum Gasteiger partial charge on any atom is 0.422 e. The van der Waals surface area contributed by atoms with Gasteiger partial charge in [0.1, 0.15) is 0 Å². The summed E-state index contributed by atoms with van der Waals surface area (Å²) in [6.07, 6.45) is -5.01. The van der Waals surface area contributed by atoms with Gasteiger partial charge in [0.15, 0.2) is 6.61 Å². The van der Waals surface area contributed by atoms with Gasteiger partial charge in [-0.2, -0.15) is 13.2 Å². The molecule has 0 aromatic heterocycles. The SMILES string of the molecule is CCC(NC(=O)OCC(F)(F)F)c1ccccc1. The average Bonchev–Trinajstić information content (AvgIpc) is 2.33. The molecule has 0 aliphatic heterocycles. The number of carbonyl (C=O) groups excluding carboxylic acids is 1. The summed E-state index contributed by atoms with van der Waals surface area (Å²) in [6.45, 7) is 0.242. The zero-order chi connectivity index (χ0) is 13.6. The zero-order valence-electron chi connectivity index (χ0n) is 9.83. The molecule has 0 saturated carbocycles. The Bertz CT molecular complexity index is 379. The van der Waals surface area contributed by atoms with Crippen molar-refractivity contribution < 1.29 is 22.7 Å². The first kappa shape index (κ1) is 14.3. The molecule has 0 saturated heterocycles. The van der Waals surface area contributed by atoms with Gasteiger partial charge in [0.05, 0.1) is 6.04 Å². The van der Waals surface area contributed by atoms with Crippen molar-refractivity contribution in [2.24, 2.45) is 0 Å². The van der Waals surface area contributed by atoms with E-state index < -0.39 is 18.9 Å². The van der Waals surface area contributed by atoms with Gasteiger partial charge < -0.3 is 10.1 Å². The maximum atomic E-state index is 11.9. The highest BCUT2D eigenvalue weighted by molar-refractivity contribution is 5.67. The fraction of sp³-hybridized carbons (Fsp3) is 0.417. The lowest BCUT2D eigenvalue weighted by Crippen LogP contribution is -2.31. The minimum absolute atomic E-state index is 0.355. The van der Waals surface area contributed by atoms with Crippen LogP contribution in [0.25, 0.3) is 0 Å². The van der Waals surface area contributed by atoms with Crippen LogP contribution in [0.5, 0.6) is 0 Å². The molecule has 0 fully saturated rings. The Morgan fingerprint density at radius 1 is 1.33 bits per heavy atom. The summed E-state index contributed by atoms with van der Waals surface area (Å²) in [5.41, 5.74) is 0.823. The van der Waals surface area contributed by atoms with E-state index in [1.54, 1.807) is 24.3 Å². The molecule has 0 aliphatic carbocycles. The number of amides is 1. The predicted octanol–water partition coefficient (Wildman–Crippen LogP) is 3.43. The molecule has 0 radical (unpaired) electrons. The van der Waals surface area contributed by atoms with Gasteiger partial charge in [-0.1, -0.05) is 37.3 Å². The van der Waals surface area contributed by atoms with Gasteiger partial charge in [-0.3, -0.25) is 0 Å². The second-order valence-corrected chi connectivity index (χ2v) is 3.71. The molecule has 3 nitrogen and oxygen atoms in total. The van der Waals surface area contributed by atoms with E-state index in [-0.39, 0.29) is 6.04 Å². The second-order valence-electron chi connectivity index (χ2n) is 3.71. The summed E-state index contributed by atoms with van der Waals surface area (Å²) in [4.78, 5) is 11.2. The largest absolute Gasteiger partial charge is 0.440 e. The summed E-state index contributed by atoms with van der Waals surface area (Å²) >= 11 is 0. The number of alkyl halides is 3. The van der Waals surface area contributed by atoms with Crippen molar-refractivity contribution in [1.82, 2.24) is 5.32 Å². The summed E-state index contributed by atoms with van der Waals surface area (Å²) < 4.78 is 39.6. The van der Waals surface area contributed by atoms with E-state index in [1.807, 2.05) is 13.0 Å². The smallest absolute Gasteiger partial charge is 0.422 e. The monoisotopic (exact) mass is 261 g/mol. The molecule has 0 spiro atoms. The maximum absolute atomic E-state index is 11.9. The summed E-state index contributed by atoms with van der Waals surface area (Å²) in [7, 11) is 0. The standard InChI is InChI=1S/C12H14F3NO2/c1-2-10(9-6-4-3-5-7-9)16-11(17)18-8-12(13,14)15/h3-7,10H,2,8H2,1H3,(H,16,17). The molecule has 1 atom stereocenters. The first-order valence-corrected chi connectivity index (χ1v) is 5.47. The molecule has 18 heavy (non-hydrogen) atoms. The predicted molar refractivity (Wildman–Crippen MR) is 60.0 cm³/mol. The van der Waals surface area contributed by atoms with Crippen LogP contribution < -0.4 is 5.32 Å². The van der Waals surface area contributed by atoms with Gasteiger partial charge in [-0.25, -0.2) is 4.79 Å². The fourth-order valence-electron chi connectivity index (χ4n) is 1.44. The highest BCUT2D eigenvalue weighted by Crippen LogP contribution is 2.17. The number of ether oxygens (including phenoxy) is 1. The Morgan fingerprint density at radius 2 is 1.94 bits per heavy atom. The van der Waals surface area contributed by atoms with E-state index in [2.05, 4.69) is 10.1 Å².